The molecule has 2 atom stereocenters. The highest BCUT2D eigenvalue weighted by Gasteiger charge is 2.24. The fourth-order valence-electron chi connectivity index (χ4n) is 4.55. The maximum Gasteiger partial charge on any atom is 0.252 e. The minimum atomic E-state index is -0.787. The number of nitrogens with two attached hydrogens (primary N) is 2. The lowest BCUT2D eigenvalue weighted by molar-refractivity contribution is 0.100. The molecule has 1 amide bonds. The first-order valence-electron chi connectivity index (χ1n) is 11.6. The monoisotopic (exact) mass is 471 g/mol. The number of carbonyl (C=O) groups excluding carboxylic acids is 1. The molecule has 0 spiro atoms. The van der Waals surface area contributed by atoms with Crippen LogP contribution in [-0.2, 0) is 0 Å². The second kappa shape index (κ2) is 9.63. The minimum Gasteiger partial charge on any atom is -0.365 e. The summed E-state index contributed by atoms with van der Waals surface area (Å²) in [6, 6.07) is 10.7. The second-order valence-corrected chi connectivity index (χ2v) is 8.77. The number of fused-ring (bicyclic) bond motifs is 1. The molecule has 1 aromatic carbocycles. The third-order valence-electron chi connectivity index (χ3n) is 6.38. The standard InChI is InChI=1S/C26H26FN7O/c27-21-11-20(24(29)35)25(34-26(21)33-23-7-2-1-6-22(23)28)32-17-10-16(13-31-14-17)18-5-3-4-15-12-30-9-8-19(15)18/h3-5,8-14,22-23H,1-2,6-7,28H2,(H2,29,35)(H2,32,33,34)/t22-,23+/m0/s1. The van der Waals surface area contributed by atoms with Gasteiger partial charge in [0.2, 0.25) is 0 Å². The van der Waals surface area contributed by atoms with E-state index in [0.29, 0.717) is 5.69 Å². The summed E-state index contributed by atoms with van der Waals surface area (Å²) in [5.41, 5.74) is 14.1. The lowest BCUT2D eigenvalue weighted by Gasteiger charge is -2.30. The molecule has 1 fully saturated rings. The van der Waals surface area contributed by atoms with E-state index in [9.17, 15) is 9.18 Å². The smallest absolute Gasteiger partial charge is 0.252 e. The van der Waals surface area contributed by atoms with Gasteiger partial charge in [0.1, 0.15) is 5.82 Å². The van der Waals surface area contributed by atoms with E-state index in [4.69, 9.17) is 11.5 Å². The Kier molecular flexibility index (Phi) is 6.24. The lowest BCUT2D eigenvalue weighted by Crippen LogP contribution is -2.43. The Morgan fingerprint density at radius 2 is 1.89 bits per heavy atom. The second-order valence-electron chi connectivity index (χ2n) is 8.77. The zero-order valence-corrected chi connectivity index (χ0v) is 19.0. The average Bonchev–Trinajstić information content (AvgIpc) is 2.87. The molecule has 9 heteroatoms. The van der Waals surface area contributed by atoms with E-state index < -0.39 is 11.7 Å². The van der Waals surface area contributed by atoms with Crippen LogP contribution >= 0.6 is 0 Å². The molecule has 0 bridgehead atoms. The molecule has 0 unspecified atom stereocenters. The van der Waals surface area contributed by atoms with Crippen LogP contribution in [-0.4, -0.2) is 32.9 Å². The Morgan fingerprint density at radius 1 is 1.03 bits per heavy atom. The number of hydrogen-bond acceptors (Lipinski definition) is 7. The van der Waals surface area contributed by atoms with Gasteiger partial charge in [-0.1, -0.05) is 31.0 Å². The van der Waals surface area contributed by atoms with E-state index >= 15 is 0 Å². The maximum atomic E-state index is 14.8. The highest BCUT2D eigenvalue weighted by atomic mass is 19.1. The molecule has 6 N–H and O–H groups in total. The molecule has 35 heavy (non-hydrogen) atoms. The van der Waals surface area contributed by atoms with Gasteiger partial charge < -0.3 is 22.1 Å². The topological polar surface area (TPSA) is 132 Å². The van der Waals surface area contributed by atoms with Crippen molar-refractivity contribution in [3.8, 4) is 11.1 Å². The number of anilines is 3. The number of aromatic nitrogens is 3. The molecule has 4 aromatic rings. The molecule has 178 valence electrons. The van der Waals surface area contributed by atoms with Crippen LogP contribution in [0.4, 0.5) is 21.7 Å². The van der Waals surface area contributed by atoms with Gasteiger partial charge in [0.25, 0.3) is 5.91 Å². The van der Waals surface area contributed by atoms with Crippen molar-refractivity contribution in [3.05, 3.63) is 72.6 Å². The molecule has 0 aliphatic heterocycles. The maximum absolute atomic E-state index is 14.8. The molecular weight excluding hydrogens is 445 g/mol. The van der Waals surface area contributed by atoms with Crippen LogP contribution in [0.3, 0.4) is 0 Å². The number of pyridine rings is 3. The molecule has 1 aliphatic carbocycles. The van der Waals surface area contributed by atoms with Crippen molar-refractivity contribution in [3.63, 3.8) is 0 Å². The number of nitrogens with zero attached hydrogens (tertiary/aromatic N) is 3. The number of nitrogens with one attached hydrogen (secondary N) is 2. The van der Waals surface area contributed by atoms with Gasteiger partial charge in [-0.3, -0.25) is 14.8 Å². The summed E-state index contributed by atoms with van der Waals surface area (Å²) >= 11 is 0. The quantitative estimate of drug-likeness (QED) is 0.329. The molecule has 0 radical (unpaired) electrons. The van der Waals surface area contributed by atoms with Crippen LogP contribution < -0.4 is 22.1 Å². The Bertz CT molecular complexity index is 1390. The van der Waals surface area contributed by atoms with Crippen LogP contribution in [0, 0.1) is 5.82 Å². The van der Waals surface area contributed by atoms with Gasteiger partial charge in [0.05, 0.1) is 17.4 Å². The van der Waals surface area contributed by atoms with E-state index in [-0.39, 0.29) is 29.3 Å². The summed E-state index contributed by atoms with van der Waals surface area (Å²) in [6.07, 6.45) is 10.7. The third-order valence-corrected chi connectivity index (χ3v) is 6.38. The number of primary amides is 1. The third kappa shape index (κ3) is 4.76. The van der Waals surface area contributed by atoms with E-state index in [1.54, 1.807) is 18.6 Å². The van der Waals surface area contributed by atoms with Gasteiger partial charge in [-0.25, -0.2) is 9.37 Å². The van der Waals surface area contributed by atoms with Crippen LogP contribution in [0.2, 0.25) is 0 Å². The average molecular weight is 472 g/mol. The SMILES string of the molecule is NC(=O)c1cc(F)c(N[C@@H]2CCCC[C@@H]2N)nc1Nc1cncc(-c2cccc3cnccc23)c1. The Morgan fingerprint density at radius 3 is 2.71 bits per heavy atom. The first-order chi connectivity index (χ1) is 17.0. The van der Waals surface area contributed by atoms with Crippen molar-refractivity contribution < 1.29 is 9.18 Å². The zero-order chi connectivity index (χ0) is 24.4. The summed E-state index contributed by atoms with van der Waals surface area (Å²) in [6.45, 7) is 0. The zero-order valence-electron chi connectivity index (χ0n) is 19.0. The van der Waals surface area contributed by atoms with Crippen molar-refractivity contribution in [2.75, 3.05) is 10.6 Å². The Hall–Kier alpha value is -4.11. The van der Waals surface area contributed by atoms with Crippen molar-refractivity contribution in [2.45, 2.75) is 37.8 Å². The number of amides is 1. The Balaban J connectivity index is 1.49. The van der Waals surface area contributed by atoms with E-state index in [2.05, 4.69) is 25.6 Å². The van der Waals surface area contributed by atoms with Gasteiger partial charge in [0.15, 0.2) is 11.6 Å². The molecule has 5 rings (SSSR count). The van der Waals surface area contributed by atoms with Crippen molar-refractivity contribution >= 4 is 34.0 Å². The summed E-state index contributed by atoms with van der Waals surface area (Å²) in [5.74, 6) is -1.26. The molecule has 3 aromatic heterocycles. The molecule has 1 saturated carbocycles. The van der Waals surface area contributed by atoms with E-state index in [1.807, 2.05) is 36.5 Å². The molecular formula is C26H26FN7O. The first kappa shape index (κ1) is 22.7. The number of hydrogen-bond donors (Lipinski definition) is 4. The summed E-state index contributed by atoms with van der Waals surface area (Å²) in [5, 5.41) is 8.27. The van der Waals surface area contributed by atoms with Gasteiger partial charge in [0, 0.05) is 41.6 Å². The molecule has 1 aliphatic rings. The fraction of sp³-hybridized carbons (Fsp3) is 0.231. The summed E-state index contributed by atoms with van der Waals surface area (Å²) < 4.78 is 14.8. The van der Waals surface area contributed by atoms with Crippen molar-refractivity contribution in [2.24, 2.45) is 11.5 Å². The number of halogens is 1. The molecule has 3 heterocycles. The van der Waals surface area contributed by atoms with Gasteiger partial charge >= 0.3 is 0 Å². The molecule has 0 saturated heterocycles. The number of rotatable bonds is 6. The van der Waals surface area contributed by atoms with Gasteiger partial charge in [-0.2, -0.15) is 0 Å². The highest BCUT2D eigenvalue weighted by molar-refractivity contribution is 5.99. The van der Waals surface area contributed by atoms with Crippen LogP contribution in [0.15, 0.2) is 61.2 Å². The predicted molar refractivity (Wildman–Crippen MR) is 135 cm³/mol. The van der Waals surface area contributed by atoms with Crippen LogP contribution in [0.25, 0.3) is 21.9 Å². The predicted octanol–water partition coefficient (Wildman–Crippen LogP) is 4.36. The van der Waals surface area contributed by atoms with E-state index in [0.717, 1.165) is 53.6 Å². The largest absolute Gasteiger partial charge is 0.365 e. The summed E-state index contributed by atoms with van der Waals surface area (Å²) in [7, 11) is 0. The van der Waals surface area contributed by atoms with Crippen LogP contribution in [0.1, 0.15) is 36.0 Å². The first-order valence-corrected chi connectivity index (χ1v) is 11.6. The minimum absolute atomic E-state index is 0.0329. The number of carbonyl (C=O) groups is 1. The van der Waals surface area contributed by atoms with Crippen LogP contribution in [0.5, 0.6) is 0 Å². The van der Waals surface area contributed by atoms with Gasteiger partial charge in [-0.15, -0.1) is 0 Å². The van der Waals surface area contributed by atoms with Crippen molar-refractivity contribution in [1.82, 2.24) is 15.0 Å². The fourth-order valence-corrected chi connectivity index (χ4v) is 4.55. The summed E-state index contributed by atoms with van der Waals surface area (Å²) in [4.78, 5) is 25.0. The highest BCUT2D eigenvalue weighted by Crippen LogP contribution is 2.31. The molecule has 8 nitrogen and oxygen atoms in total. The van der Waals surface area contributed by atoms with E-state index in [1.165, 1.54) is 0 Å². The lowest BCUT2D eigenvalue weighted by atomic mass is 9.91. The normalized spacial score (nSPS) is 17.8. The Labute approximate surface area is 202 Å². The number of benzene rings is 1. The van der Waals surface area contributed by atoms with Gasteiger partial charge in [-0.05, 0) is 42.0 Å². The van der Waals surface area contributed by atoms with Crippen molar-refractivity contribution in [1.29, 1.82) is 0 Å².